The van der Waals surface area contributed by atoms with Crippen molar-refractivity contribution >= 4 is 17.3 Å². The summed E-state index contributed by atoms with van der Waals surface area (Å²) in [7, 11) is 1.82. The molecule has 0 bridgehead atoms. The summed E-state index contributed by atoms with van der Waals surface area (Å²) in [6.45, 7) is 11.9. The van der Waals surface area contributed by atoms with Gasteiger partial charge in [0, 0.05) is 57.3 Å². The van der Waals surface area contributed by atoms with Gasteiger partial charge in [0.25, 0.3) is 0 Å². The third-order valence-electron chi connectivity index (χ3n) is 5.43. The number of rotatable bonds is 7. The summed E-state index contributed by atoms with van der Waals surface area (Å²) in [6.07, 6.45) is 4.21. The van der Waals surface area contributed by atoms with E-state index in [1.54, 1.807) is 11.3 Å². The Balaban J connectivity index is 1.51. The smallest absolute Gasteiger partial charge is 0.191 e. The predicted octanol–water partition coefficient (Wildman–Crippen LogP) is 3.84. The third kappa shape index (κ3) is 6.82. The summed E-state index contributed by atoms with van der Waals surface area (Å²) < 4.78 is 0. The van der Waals surface area contributed by atoms with Gasteiger partial charge in [-0.3, -0.25) is 9.89 Å². The van der Waals surface area contributed by atoms with Crippen LogP contribution in [0.3, 0.4) is 0 Å². The summed E-state index contributed by atoms with van der Waals surface area (Å²) in [5.41, 5.74) is 2.76. The molecule has 2 heterocycles. The lowest BCUT2D eigenvalue weighted by molar-refractivity contribution is 0.134. The number of piperidine rings is 1. The zero-order valence-electron chi connectivity index (χ0n) is 18.2. The van der Waals surface area contributed by atoms with Crippen molar-refractivity contribution in [3.8, 4) is 0 Å². The number of guanidine groups is 1. The number of likely N-dealkylation sites (tertiary alicyclic amines) is 1. The highest BCUT2D eigenvalue weighted by atomic mass is 32.1. The maximum Gasteiger partial charge on any atom is 0.191 e. The standard InChI is InChI=1S/C23H35N5S/c1-17-11-18(2)15-28(14-17)16-21-8-6-5-7-20(21)13-27-23(24-4)25-10-9-22-26-12-19(3)29-22/h5-8,12,17-18H,9-11,13-16H2,1-4H3,(H2,24,25,27). The summed E-state index contributed by atoms with van der Waals surface area (Å²) in [5.74, 6) is 2.41. The highest BCUT2D eigenvalue weighted by Crippen LogP contribution is 2.23. The summed E-state index contributed by atoms with van der Waals surface area (Å²) in [6, 6.07) is 8.77. The molecular formula is C23H35N5S. The number of benzene rings is 1. The van der Waals surface area contributed by atoms with Crippen molar-refractivity contribution in [1.29, 1.82) is 0 Å². The first-order valence-corrected chi connectivity index (χ1v) is 11.5. The van der Waals surface area contributed by atoms with Gasteiger partial charge in [-0.25, -0.2) is 4.98 Å². The van der Waals surface area contributed by atoms with E-state index in [1.807, 2.05) is 13.2 Å². The molecule has 158 valence electrons. The summed E-state index contributed by atoms with van der Waals surface area (Å²) >= 11 is 1.76. The molecule has 1 aliphatic rings. The van der Waals surface area contributed by atoms with E-state index in [-0.39, 0.29) is 0 Å². The number of nitrogens with zero attached hydrogens (tertiary/aromatic N) is 3. The van der Waals surface area contributed by atoms with Gasteiger partial charge in [-0.2, -0.15) is 0 Å². The van der Waals surface area contributed by atoms with Crippen LogP contribution in [0.25, 0.3) is 0 Å². The van der Waals surface area contributed by atoms with E-state index in [0.29, 0.717) is 0 Å². The molecule has 2 atom stereocenters. The normalized spacial score (nSPS) is 20.6. The molecule has 2 unspecified atom stereocenters. The minimum atomic E-state index is 0.783. The molecular weight excluding hydrogens is 378 g/mol. The molecule has 2 aromatic rings. The molecule has 1 aromatic heterocycles. The number of nitrogens with one attached hydrogen (secondary N) is 2. The molecule has 5 nitrogen and oxygen atoms in total. The van der Waals surface area contributed by atoms with Crippen molar-refractivity contribution in [2.45, 2.75) is 46.7 Å². The Morgan fingerprint density at radius 2 is 1.90 bits per heavy atom. The minimum Gasteiger partial charge on any atom is -0.356 e. The average Bonchev–Trinajstić information content (AvgIpc) is 3.10. The lowest BCUT2D eigenvalue weighted by Gasteiger charge is -2.35. The quantitative estimate of drug-likeness (QED) is 0.535. The zero-order chi connectivity index (χ0) is 20.6. The van der Waals surface area contributed by atoms with E-state index in [9.17, 15) is 0 Å². The van der Waals surface area contributed by atoms with E-state index in [2.05, 4.69) is 70.5 Å². The van der Waals surface area contributed by atoms with Gasteiger partial charge in [-0.15, -0.1) is 11.3 Å². The highest BCUT2D eigenvalue weighted by Gasteiger charge is 2.22. The molecule has 0 spiro atoms. The molecule has 6 heteroatoms. The topological polar surface area (TPSA) is 52.6 Å². The Bertz CT molecular complexity index is 790. The number of aliphatic imine (C=N–C) groups is 1. The van der Waals surface area contributed by atoms with E-state index in [4.69, 9.17) is 0 Å². The summed E-state index contributed by atoms with van der Waals surface area (Å²) in [4.78, 5) is 12.7. The Kier molecular flexibility index (Phi) is 8.07. The molecule has 2 N–H and O–H groups in total. The second kappa shape index (κ2) is 10.7. The van der Waals surface area contributed by atoms with E-state index in [1.165, 1.54) is 40.5 Å². The van der Waals surface area contributed by atoms with E-state index in [0.717, 1.165) is 43.9 Å². The fourth-order valence-corrected chi connectivity index (χ4v) is 5.04. The molecule has 0 saturated carbocycles. The van der Waals surface area contributed by atoms with Crippen LogP contribution in [-0.4, -0.2) is 42.5 Å². The maximum atomic E-state index is 4.42. The van der Waals surface area contributed by atoms with E-state index < -0.39 is 0 Å². The largest absolute Gasteiger partial charge is 0.356 e. The lowest BCUT2D eigenvalue weighted by atomic mass is 9.91. The molecule has 1 aliphatic heterocycles. The average molecular weight is 414 g/mol. The van der Waals surface area contributed by atoms with Crippen LogP contribution >= 0.6 is 11.3 Å². The summed E-state index contributed by atoms with van der Waals surface area (Å²) in [5, 5.41) is 8.05. The highest BCUT2D eigenvalue weighted by molar-refractivity contribution is 7.11. The number of thiazole rings is 1. The van der Waals surface area contributed by atoms with Gasteiger partial charge < -0.3 is 10.6 Å². The number of hydrogen-bond donors (Lipinski definition) is 2. The minimum absolute atomic E-state index is 0.783. The molecule has 1 aromatic carbocycles. The second-order valence-corrected chi connectivity index (χ2v) is 9.70. The number of hydrogen-bond acceptors (Lipinski definition) is 4. The van der Waals surface area contributed by atoms with Crippen LogP contribution in [0.4, 0.5) is 0 Å². The van der Waals surface area contributed by atoms with Gasteiger partial charge in [0.2, 0.25) is 0 Å². The molecule has 1 saturated heterocycles. The van der Waals surface area contributed by atoms with Crippen molar-refractivity contribution in [2.75, 3.05) is 26.7 Å². The van der Waals surface area contributed by atoms with Crippen molar-refractivity contribution in [3.05, 3.63) is 51.5 Å². The molecule has 0 amide bonds. The van der Waals surface area contributed by atoms with Crippen LogP contribution in [0.15, 0.2) is 35.5 Å². The first-order chi connectivity index (χ1) is 14.0. The van der Waals surface area contributed by atoms with Crippen LogP contribution in [0.1, 0.15) is 41.3 Å². The van der Waals surface area contributed by atoms with Gasteiger partial charge in [0.1, 0.15) is 0 Å². The fourth-order valence-electron chi connectivity index (χ4n) is 4.25. The Morgan fingerprint density at radius 1 is 1.17 bits per heavy atom. The monoisotopic (exact) mass is 413 g/mol. The number of aryl methyl sites for hydroxylation is 1. The second-order valence-electron chi connectivity index (χ2n) is 8.38. The van der Waals surface area contributed by atoms with Gasteiger partial charge in [-0.1, -0.05) is 38.1 Å². The first kappa shape index (κ1) is 21.8. The van der Waals surface area contributed by atoms with Crippen LogP contribution in [0, 0.1) is 18.8 Å². The SMILES string of the molecule is CN=C(NCCc1ncc(C)s1)NCc1ccccc1CN1CC(C)CC(C)C1. The van der Waals surface area contributed by atoms with Gasteiger partial charge in [0.05, 0.1) is 5.01 Å². The van der Waals surface area contributed by atoms with Crippen molar-refractivity contribution < 1.29 is 0 Å². The predicted molar refractivity (Wildman–Crippen MR) is 123 cm³/mol. The molecule has 3 rings (SSSR count). The zero-order valence-corrected chi connectivity index (χ0v) is 19.1. The third-order valence-corrected chi connectivity index (χ3v) is 6.40. The van der Waals surface area contributed by atoms with Crippen molar-refractivity contribution in [1.82, 2.24) is 20.5 Å². The van der Waals surface area contributed by atoms with Crippen LogP contribution < -0.4 is 10.6 Å². The molecule has 1 fully saturated rings. The van der Waals surface area contributed by atoms with Crippen molar-refractivity contribution in [3.63, 3.8) is 0 Å². The van der Waals surface area contributed by atoms with Gasteiger partial charge in [-0.05, 0) is 36.3 Å². The Morgan fingerprint density at radius 3 is 2.55 bits per heavy atom. The maximum absolute atomic E-state index is 4.42. The Hall–Kier alpha value is -1.92. The number of aromatic nitrogens is 1. The first-order valence-electron chi connectivity index (χ1n) is 10.7. The lowest BCUT2D eigenvalue weighted by Crippen LogP contribution is -2.39. The Labute approximate surface area is 179 Å². The van der Waals surface area contributed by atoms with Gasteiger partial charge >= 0.3 is 0 Å². The van der Waals surface area contributed by atoms with E-state index >= 15 is 0 Å². The molecule has 0 radical (unpaired) electrons. The van der Waals surface area contributed by atoms with Crippen molar-refractivity contribution in [2.24, 2.45) is 16.8 Å². The molecule has 29 heavy (non-hydrogen) atoms. The van der Waals surface area contributed by atoms with Crippen LogP contribution in [0.2, 0.25) is 0 Å². The molecule has 0 aliphatic carbocycles. The fraction of sp³-hybridized carbons (Fsp3) is 0.565. The van der Waals surface area contributed by atoms with Crippen LogP contribution in [0.5, 0.6) is 0 Å². The van der Waals surface area contributed by atoms with Crippen LogP contribution in [-0.2, 0) is 19.5 Å². The van der Waals surface area contributed by atoms with Gasteiger partial charge in [0.15, 0.2) is 5.96 Å².